The summed E-state index contributed by atoms with van der Waals surface area (Å²) in [6.07, 6.45) is 0. The fourth-order valence-electron chi connectivity index (χ4n) is 1.90. The van der Waals surface area contributed by atoms with Crippen molar-refractivity contribution in [3.05, 3.63) is 23.8 Å². The number of nitrogens with one attached hydrogen (secondary N) is 1. The normalized spacial score (nSPS) is 16.0. The van der Waals surface area contributed by atoms with Crippen LogP contribution in [0.3, 0.4) is 0 Å². The average molecular weight is 246 g/mol. The Morgan fingerprint density at radius 1 is 1.47 bits per heavy atom. The summed E-state index contributed by atoms with van der Waals surface area (Å²) in [5.74, 6) is 0.643. The molecule has 2 rings (SSSR count). The molecule has 1 N–H and O–H groups in total. The van der Waals surface area contributed by atoms with Crippen molar-refractivity contribution in [3.8, 4) is 6.07 Å². The number of nitriles is 1. The van der Waals surface area contributed by atoms with Crippen LogP contribution >= 0.6 is 11.8 Å². The Bertz CT molecular complexity index is 491. The van der Waals surface area contributed by atoms with Gasteiger partial charge in [-0.2, -0.15) is 5.26 Å². The molecule has 1 amide bonds. The molecule has 1 unspecified atom stereocenters. The molecule has 0 spiro atoms. The van der Waals surface area contributed by atoms with Crippen LogP contribution in [-0.2, 0) is 4.79 Å². The van der Waals surface area contributed by atoms with Crippen LogP contribution in [0, 0.1) is 17.2 Å². The Balaban J connectivity index is 2.36. The molecule has 4 heteroatoms. The molecule has 3 nitrogen and oxygen atoms in total. The SMILES string of the molecule is CC(C)C(C#N)c1ccc2c(c1)NC(=O)CS2. The molecule has 88 valence electrons. The maximum absolute atomic E-state index is 11.3. The van der Waals surface area contributed by atoms with E-state index in [-0.39, 0.29) is 17.7 Å². The van der Waals surface area contributed by atoms with Gasteiger partial charge in [0.2, 0.25) is 5.91 Å². The number of anilines is 1. The van der Waals surface area contributed by atoms with Gasteiger partial charge in [-0.15, -0.1) is 11.8 Å². The van der Waals surface area contributed by atoms with E-state index in [2.05, 4.69) is 11.4 Å². The van der Waals surface area contributed by atoms with Crippen LogP contribution in [-0.4, -0.2) is 11.7 Å². The number of fused-ring (bicyclic) bond motifs is 1. The van der Waals surface area contributed by atoms with Crippen molar-refractivity contribution < 1.29 is 4.79 Å². The summed E-state index contributed by atoms with van der Waals surface area (Å²) in [6.45, 7) is 4.06. The van der Waals surface area contributed by atoms with Gasteiger partial charge < -0.3 is 5.32 Å². The molecule has 1 aliphatic heterocycles. The third-order valence-corrected chi connectivity index (χ3v) is 3.87. The van der Waals surface area contributed by atoms with Gasteiger partial charge in [-0.25, -0.2) is 0 Å². The van der Waals surface area contributed by atoms with Gasteiger partial charge in [-0.1, -0.05) is 19.9 Å². The van der Waals surface area contributed by atoms with Gasteiger partial charge in [-0.05, 0) is 23.6 Å². The van der Waals surface area contributed by atoms with E-state index in [1.54, 1.807) is 0 Å². The predicted octanol–water partition coefficient (Wildman–Crippen LogP) is 2.99. The van der Waals surface area contributed by atoms with Gasteiger partial charge in [0.25, 0.3) is 0 Å². The van der Waals surface area contributed by atoms with E-state index in [1.165, 1.54) is 11.8 Å². The summed E-state index contributed by atoms with van der Waals surface area (Å²) in [4.78, 5) is 12.4. The van der Waals surface area contributed by atoms with Gasteiger partial charge in [0.1, 0.15) is 0 Å². The molecule has 0 saturated carbocycles. The average Bonchev–Trinajstić information content (AvgIpc) is 2.29. The maximum Gasteiger partial charge on any atom is 0.234 e. The summed E-state index contributed by atoms with van der Waals surface area (Å²) in [5, 5.41) is 12.0. The first kappa shape index (κ1) is 12.0. The van der Waals surface area contributed by atoms with E-state index in [4.69, 9.17) is 5.26 Å². The second-order valence-electron chi connectivity index (χ2n) is 4.44. The molecule has 0 saturated heterocycles. The van der Waals surface area contributed by atoms with E-state index < -0.39 is 0 Å². The monoisotopic (exact) mass is 246 g/mol. The van der Waals surface area contributed by atoms with E-state index in [0.717, 1.165) is 16.1 Å². The lowest BCUT2D eigenvalue weighted by Crippen LogP contribution is -2.19. The first-order chi connectivity index (χ1) is 8.11. The van der Waals surface area contributed by atoms with Crippen LogP contribution in [0.15, 0.2) is 23.1 Å². The van der Waals surface area contributed by atoms with E-state index >= 15 is 0 Å². The highest BCUT2D eigenvalue weighted by Gasteiger charge is 2.20. The van der Waals surface area contributed by atoms with Crippen LogP contribution in [0.5, 0.6) is 0 Å². The lowest BCUT2D eigenvalue weighted by Gasteiger charge is -2.19. The summed E-state index contributed by atoms with van der Waals surface area (Å²) in [6, 6.07) is 8.21. The lowest BCUT2D eigenvalue weighted by molar-refractivity contribution is -0.113. The third-order valence-electron chi connectivity index (χ3n) is 2.80. The molecule has 17 heavy (non-hydrogen) atoms. The number of rotatable bonds is 2. The molecule has 0 bridgehead atoms. The zero-order chi connectivity index (χ0) is 12.4. The van der Waals surface area contributed by atoms with Crippen molar-refractivity contribution in [3.63, 3.8) is 0 Å². The Kier molecular flexibility index (Phi) is 3.39. The van der Waals surface area contributed by atoms with Gasteiger partial charge in [-0.3, -0.25) is 4.79 Å². The molecule has 0 fully saturated rings. The van der Waals surface area contributed by atoms with Crippen molar-refractivity contribution in [2.45, 2.75) is 24.7 Å². The molecule has 1 heterocycles. The number of carbonyl (C=O) groups is 1. The first-order valence-corrected chi connectivity index (χ1v) is 6.56. The Morgan fingerprint density at radius 2 is 2.24 bits per heavy atom. The second kappa shape index (κ2) is 4.80. The largest absolute Gasteiger partial charge is 0.324 e. The van der Waals surface area contributed by atoms with E-state index in [9.17, 15) is 4.79 Å². The smallest absolute Gasteiger partial charge is 0.234 e. The predicted molar refractivity (Wildman–Crippen MR) is 69.0 cm³/mol. The highest BCUT2D eigenvalue weighted by molar-refractivity contribution is 8.00. The number of nitrogens with zero attached hydrogens (tertiary/aromatic N) is 1. The molecule has 1 aromatic carbocycles. The molecule has 0 radical (unpaired) electrons. The van der Waals surface area contributed by atoms with E-state index in [0.29, 0.717) is 5.75 Å². The molecular formula is C13H14N2OS. The van der Waals surface area contributed by atoms with Crippen molar-refractivity contribution in [1.82, 2.24) is 0 Å². The zero-order valence-electron chi connectivity index (χ0n) is 9.86. The molecule has 0 aliphatic carbocycles. The Morgan fingerprint density at radius 3 is 2.88 bits per heavy atom. The van der Waals surface area contributed by atoms with Gasteiger partial charge in [0, 0.05) is 4.90 Å². The van der Waals surface area contributed by atoms with Gasteiger partial charge in [0.05, 0.1) is 23.4 Å². The minimum absolute atomic E-state index is 0.0257. The van der Waals surface area contributed by atoms with E-state index in [1.807, 2.05) is 32.0 Å². The minimum atomic E-state index is -0.121. The topological polar surface area (TPSA) is 52.9 Å². The summed E-state index contributed by atoms with van der Waals surface area (Å²) in [5.41, 5.74) is 1.81. The summed E-state index contributed by atoms with van der Waals surface area (Å²) >= 11 is 1.54. The number of hydrogen-bond acceptors (Lipinski definition) is 3. The fraction of sp³-hybridized carbons (Fsp3) is 0.385. The zero-order valence-corrected chi connectivity index (χ0v) is 10.7. The number of benzene rings is 1. The van der Waals surface area contributed by atoms with Crippen molar-refractivity contribution in [2.24, 2.45) is 5.92 Å². The molecule has 1 aliphatic rings. The van der Waals surface area contributed by atoms with Gasteiger partial charge in [0.15, 0.2) is 0 Å². The number of hydrogen-bond donors (Lipinski definition) is 1. The highest BCUT2D eigenvalue weighted by atomic mass is 32.2. The van der Waals surface area contributed by atoms with Crippen LogP contribution < -0.4 is 5.32 Å². The van der Waals surface area contributed by atoms with Crippen LogP contribution in [0.1, 0.15) is 25.3 Å². The molecule has 1 atom stereocenters. The van der Waals surface area contributed by atoms with Crippen LogP contribution in [0.25, 0.3) is 0 Å². The third kappa shape index (κ3) is 2.45. The van der Waals surface area contributed by atoms with Crippen LogP contribution in [0.4, 0.5) is 5.69 Å². The molecule has 0 aromatic heterocycles. The fourth-order valence-corrected chi connectivity index (χ4v) is 2.69. The standard InChI is InChI=1S/C13H14N2OS/c1-8(2)10(6-14)9-3-4-12-11(5-9)15-13(16)7-17-12/h3-5,8,10H,7H2,1-2H3,(H,15,16). The number of thioether (sulfide) groups is 1. The number of carbonyl (C=O) groups excluding carboxylic acids is 1. The maximum atomic E-state index is 11.3. The Hall–Kier alpha value is -1.47. The lowest BCUT2D eigenvalue weighted by atomic mass is 9.89. The molecular weight excluding hydrogens is 232 g/mol. The van der Waals surface area contributed by atoms with Gasteiger partial charge >= 0.3 is 0 Å². The van der Waals surface area contributed by atoms with Crippen molar-refractivity contribution >= 4 is 23.4 Å². The second-order valence-corrected chi connectivity index (χ2v) is 5.46. The first-order valence-electron chi connectivity index (χ1n) is 5.58. The summed E-state index contributed by atoms with van der Waals surface area (Å²) < 4.78 is 0. The van der Waals surface area contributed by atoms with Crippen molar-refractivity contribution in [1.29, 1.82) is 5.26 Å². The van der Waals surface area contributed by atoms with Crippen LogP contribution in [0.2, 0.25) is 0 Å². The number of amides is 1. The molecule has 1 aromatic rings. The Labute approximate surface area is 105 Å². The quantitative estimate of drug-likeness (QED) is 0.872. The highest BCUT2D eigenvalue weighted by Crippen LogP contribution is 2.35. The van der Waals surface area contributed by atoms with Crippen molar-refractivity contribution in [2.75, 3.05) is 11.1 Å². The minimum Gasteiger partial charge on any atom is -0.324 e. The summed E-state index contributed by atoms with van der Waals surface area (Å²) in [7, 11) is 0.